The van der Waals surface area contributed by atoms with Crippen LogP contribution in [-0.2, 0) is 4.74 Å². The number of nitrogens with zero attached hydrogens (tertiary/aromatic N) is 1. The molecule has 0 aromatic heterocycles. The van der Waals surface area contributed by atoms with Gasteiger partial charge in [-0.15, -0.1) is 0 Å². The fraction of sp³-hybridized carbons (Fsp3) is 0.889. The number of carbonyl (C=O) groups excluding carboxylic acids is 1. The van der Waals surface area contributed by atoms with Gasteiger partial charge in [-0.05, 0) is 19.4 Å². The van der Waals surface area contributed by atoms with Gasteiger partial charge in [-0.3, -0.25) is 0 Å². The van der Waals surface area contributed by atoms with Crippen LogP contribution in [0, 0.1) is 0 Å². The predicted octanol–water partition coefficient (Wildman–Crippen LogP) is 0.828. The lowest BCUT2D eigenvalue weighted by atomic mass is 10.4. The third-order valence-electron chi connectivity index (χ3n) is 2.12. The second kappa shape index (κ2) is 5.80. The molecule has 0 aromatic carbocycles. The average molecular weight is 186 g/mol. The van der Waals surface area contributed by atoms with Crippen molar-refractivity contribution in [3.05, 3.63) is 0 Å². The Labute approximate surface area is 79.2 Å². The normalized spacial score (nSPS) is 16.2. The van der Waals surface area contributed by atoms with E-state index in [1.807, 2.05) is 6.92 Å². The Morgan fingerprint density at radius 2 is 2.15 bits per heavy atom. The summed E-state index contributed by atoms with van der Waals surface area (Å²) >= 11 is 0. The molecule has 1 rings (SSSR count). The summed E-state index contributed by atoms with van der Waals surface area (Å²) in [5.41, 5.74) is 0. The summed E-state index contributed by atoms with van der Waals surface area (Å²) in [6.07, 6.45) is 2.07. The molecule has 4 heteroatoms. The molecule has 0 spiro atoms. The molecule has 0 aliphatic carbocycles. The van der Waals surface area contributed by atoms with E-state index in [4.69, 9.17) is 4.74 Å². The third kappa shape index (κ3) is 3.63. The van der Waals surface area contributed by atoms with E-state index in [9.17, 15) is 4.79 Å². The Hall–Kier alpha value is -0.770. The predicted molar refractivity (Wildman–Crippen MR) is 50.7 cm³/mol. The standard InChI is InChI=1S/C9H18N2O2/c1-2-10-5-8-13-9(12)11-6-3-4-7-11/h10H,2-8H2,1H3. The van der Waals surface area contributed by atoms with Gasteiger partial charge in [0.1, 0.15) is 6.61 Å². The summed E-state index contributed by atoms with van der Waals surface area (Å²) in [4.78, 5) is 13.1. The largest absolute Gasteiger partial charge is 0.448 e. The van der Waals surface area contributed by atoms with Crippen molar-refractivity contribution in [1.82, 2.24) is 10.2 Å². The molecule has 1 saturated heterocycles. The smallest absolute Gasteiger partial charge is 0.409 e. The van der Waals surface area contributed by atoms with Gasteiger partial charge in [0.2, 0.25) is 0 Å². The number of hydrogen-bond donors (Lipinski definition) is 1. The van der Waals surface area contributed by atoms with Crippen LogP contribution in [0.15, 0.2) is 0 Å². The van der Waals surface area contributed by atoms with Crippen molar-refractivity contribution in [3.63, 3.8) is 0 Å². The highest BCUT2D eigenvalue weighted by molar-refractivity contribution is 5.67. The fourth-order valence-corrected chi connectivity index (χ4v) is 1.38. The van der Waals surface area contributed by atoms with Gasteiger partial charge in [-0.1, -0.05) is 6.92 Å². The molecule has 1 fully saturated rings. The number of hydrogen-bond acceptors (Lipinski definition) is 3. The van der Waals surface area contributed by atoms with Crippen molar-refractivity contribution in [1.29, 1.82) is 0 Å². The van der Waals surface area contributed by atoms with Crippen molar-refractivity contribution in [2.24, 2.45) is 0 Å². The lowest BCUT2D eigenvalue weighted by molar-refractivity contribution is 0.111. The molecular weight excluding hydrogens is 168 g/mol. The van der Waals surface area contributed by atoms with Gasteiger partial charge in [-0.25, -0.2) is 4.79 Å². The van der Waals surface area contributed by atoms with Crippen LogP contribution in [0.2, 0.25) is 0 Å². The summed E-state index contributed by atoms with van der Waals surface area (Å²) in [6, 6.07) is 0. The number of likely N-dealkylation sites (N-methyl/N-ethyl adjacent to an activating group) is 1. The quantitative estimate of drug-likeness (QED) is 0.661. The second-order valence-electron chi connectivity index (χ2n) is 3.16. The van der Waals surface area contributed by atoms with E-state index in [-0.39, 0.29) is 6.09 Å². The SMILES string of the molecule is CCNCCOC(=O)N1CCCC1. The number of carbonyl (C=O) groups is 1. The average Bonchev–Trinajstić information content (AvgIpc) is 2.65. The number of rotatable bonds is 4. The molecule has 13 heavy (non-hydrogen) atoms. The first-order chi connectivity index (χ1) is 6.34. The minimum Gasteiger partial charge on any atom is -0.448 e. The first-order valence-electron chi connectivity index (χ1n) is 4.97. The van der Waals surface area contributed by atoms with Crippen molar-refractivity contribution in [2.45, 2.75) is 19.8 Å². The third-order valence-corrected chi connectivity index (χ3v) is 2.12. The monoisotopic (exact) mass is 186 g/mol. The zero-order chi connectivity index (χ0) is 9.52. The van der Waals surface area contributed by atoms with E-state index in [1.165, 1.54) is 0 Å². The maximum atomic E-state index is 11.3. The Morgan fingerprint density at radius 1 is 1.46 bits per heavy atom. The van der Waals surface area contributed by atoms with Crippen LogP contribution in [0.5, 0.6) is 0 Å². The van der Waals surface area contributed by atoms with Gasteiger partial charge < -0.3 is 15.0 Å². The lowest BCUT2D eigenvalue weighted by Gasteiger charge is -2.14. The van der Waals surface area contributed by atoms with Gasteiger partial charge in [-0.2, -0.15) is 0 Å². The number of nitrogens with one attached hydrogen (secondary N) is 1. The van der Waals surface area contributed by atoms with E-state index in [0.29, 0.717) is 6.61 Å². The van der Waals surface area contributed by atoms with Crippen molar-refractivity contribution in [2.75, 3.05) is 32.8 Å². The van der Waals surface area contributed by atoms with Crippen LogP contribution in [0.3, 0.4) is 0 Å². The maximum absolute atomic E-state index is 11.3. The Bertz CT molecular complexity index is 156. The van der Waals surface area contributed by atoms with Crippen LogP contribution >= 0.6 is 0 Å². The molecule has 0 bridgehead atoms. The van der Waals surface area contributed by atoms with Gasteiger partial charge >= 0.3 is 6.09 Å². The second-order valence-corrected chi connectivity index (χ2v) is 3.16. The molecule has 0 aromatic rings. The van der Waals surface area contributed by atoms with Crippen LogP contribution in [0.25, 0.3) is 0 Å². The fourth-order valence-electron chi connectivity index (χ4n) is 1.38. The highest BCUT2D eigenvalue weighted by Gasteiger charge is 2.18. The van der Waals surface area contributed by atoms with Crippen LogP contribution < -0.4 is 5.32 Å². The highest BCUT2D eigenvalue weighted by Crippen LogP contribution is 2.08. The van der Waals surface area contributed by atoms with Gasteiger partial charge in [0.05, 0.1) is 0 Å². The molecule has 0 atom stereocenters. The molecule has 1 N–H and O–H groups in total. The van der Waals surface area contributed by atoms with Crippen LogP contribution in [-0.4, -0.2) is 43.8 Å². The summed E-state index contributed by atoms with van der Waals surface area (Å²) in [6.45, 7) is 5.89. The zero-order valence-corrected chi connectivity index (χ0v) is 8.21. The minimum absolute atomic E-state index is 0.157. The van der Waals surface area contributed by atoms with Gasteiger partial charge in [0, 0.05) is 19.6 Å². The molecule has 4 nitrogen and oxygen atoms in total. The summed E-state index contributed by atoms with van der Waals surface area (Å²) in [5, 5.41) is 3.10. The minimum atomic E-state index is -0.157. The first kappa shape index (κ1) is 10.3. The number of ether oxygens (including phenoxy) is 1. The summed E-state index contributed by atoms with van der Waals surface area (Å²) in [7, 11) is 0. The van der Waals surface area contributed by atoms with E-state index >= 15 is 0 Å². The molecule has 0 radical (unpaired) electrons. The van der Waals surface area contributed by atoms with Crippen LogP contribution in [0.1, 0.15) is 19.8 Å². The Balaban J connectivity index is 2.03. The molecule has 0 unspecified atom stereocenters. The van der Waals surface area contributed by atoms with E-state index in [0.717, 1.165) is 39.0 Å². The van der Waals surface area contributed by atoms with Crippen molar-refractivity contribution >= 4 is 6.09 Å². The number of amides is 1. The van der Waals surface area contributed by atoms with Crippen molar-refractivity contribution in [3.8, 4) is 0 Å². The zero-order valence-electron chi connectivity index (χ0n) is 8.21. The lowest BCUT2D eigenvalue weighted by Crippen LogP contribution is -2.30. The van der Waals surface area contributed by atoms with Gasteiger partial charge in [0.25, 0.3) is 0 Å². The van der Waals surface area contributed by atoms with E-state index in [1.54, 1.807) is 4.90 Å². The summed E-state index contributed by atoms with van der Waals surface area (Å²) in [5.74, 6) is 0. The molecule has 0 saturated carbocycles. The molecular formula is C9H18N2O2. The molecule has 1 aliphatic rings. The van der Waals surface area contributed by atoms with Gasteiger partial charge in [0.15, 0.2) is 0 Å². The highest BCUT2D eigenvalue weighted by atomic mass is 16.6. The van der Waals surface area contributed by atoms with Crippen molar-refractivity contribution < 1.29 is 9.53 Å². The molecule has 1 amide bonds. The Morgan fingerprint density at radius 3 is 2.77 bits per heavy atom. The topological polar surface area (TPSA) is 41.6 Å². The Kier molecular flexibility index (Phi) is 4.60. The molecule has 1 heterocycles. The van der Waals surface area contributed by atoms with E-state index in [2.05, 4.69) is 5.32 Å². The van der Waals surface area contributed by atoms with Crippen LogP contribution in [0.4, 0.5) is 4.79 Å². The van der Waals surface area contributed by atoms with E-state index < -0.39 is 0 Å². The molecule has 76 valence electrons. The molecule has 1 aliphatic heterocycles. The summed E-state index contributed by atoms with van der Waals surface area (Å²) < 4.78 is 5.05. The number of likely N-dealkylation sites (tertiary alicyclic amines) is 1. The first-order valence-corrected chi connectivity index (χ1v) is 4.97. The maximum Gasteiger partial charge on any atom is 0.409 e.